The Balaban J connectivity index is 1.72. The van der Waals surface area contributed by atoms with Gasteiger partial charge in [0.2, 0.25) is 5.82 Å². The first-order valence-corrected chi connectivity index (χ1v) is 7.85. The SMILES string of the molecule is COc1ccc(Cl)cc1C(=O)OCc1nc(-c2ccccc2C)no1. The van der Waals surface area contributed by atoms with E-state index in [2.05, 4.69) is 10.1 Å². The van der Waals surface area contributed by atoms with Crippen LogP contribution in [0.2, 0.25) is 5.02 Å². The average molecular weight is 359 g/mol. The molecule has 0 unspecified atom stereocenters. The minimum Gasteiger partial charge on any atom is -0.496 e. The third-order valence-electron chi connectivity index (χ3n) is 3.56. The number of aromatic nitrogens is 2. The maximum absolute atomic E-state index is 12.2. The number of ether oxygens (including phenoxy) is 2. The van der Waals surface area contributed by atoms with E-state index in [-0.39, 0.29) is 18.1 Å². The Morgan fingerprint density at radius 1 is 1.24 bits per heavy atom. The Kier molecular flexibility index (Phi) is 5.00. The number of carbonyl (C=O) groups excluding carboxylic acids is 1. The highest BCUT2D eigenvalue weighted by Crippen LogP contribution is 2.24. The number of aryl methyl sites for hydroxylation is 1. The summed E-state index contributed by atoms with van der Waals surface area (Å²) in [4.78, 5) is 16.5. The van der Waals surface area contributed by atoms with Crippen molar-refractivity contribution in [1.29, 1.82) is 0 Å². The lowest BCUT2D eigenvalue weighted by Crippen LogP contribution is -2.07. The molecule has 0 saturated heterocycles. The van der Waals surface area contributed by atoms with E-state index in [0.29, 0.717) is 16.6 Å². The van der Waals surface area contributed by atoms with Crippen molar-refractivity contribution in [3.8, 4) is 17.1 Å². The molecule has 7 heteroatoms. The normalized spacial score (nSPS) is 10.5. The molecule has 1 aromatic heterocycles. The van der Waals surface area contributed by atoms with Crippen LogP contribution < -0.4 is 4.74 Å². The van der Waals surface area contributed by atoms with Gasteiger partial charge in [-0.15, -0.1) is 0 Å². The van der Waals surface area contributed by atoms with Crippen molar-refractivity contribution in [3.63, 3.8) is 0 Å². The van der Waals surface area contributed by atoms with E-state index in [4.69, 9.17) is 25.6 Å². The van der Waals surface area contributed by atoms with E-state index in [1.807, 2.05) is 31.2 Å². The van der Waals surface area contributed by atoms with Gasteiger partial charge in [0, 0.05) is 10.6 Å². The summed E-state index contributed by atoms with van der Waals surface area (Å²) in [6.07, 6.45) is 0. The molecular formula is C18H15ClN2O4. The summed E-state index contributed by atoms with van der Waals surface area (Å²) in [7, 11) is 1.46. The Hall–Kier alpha value is -2.86. The number of benzene rings is 2. The molecule has 0 N–H and O–H groups in total. The molecule has 1 heterocycles. The summed E-state index contributed by atoms with van der Waals surface area (Å²) in [5.74, 6) is 0.438. The molecule has 6 nitrogen and oxygen atoms in total. The average Bonchev–Trinajstić information content (AvgIpc) is 3.08. The number of rotatable bonds is 5. The highest BCUT2D eigenvalue weighted by molar-refractivity contribution is 6.31. The van der Waals surface area contributed by atoms with E-state index in [9.17, 15) is 4.79 Å². The van der Waals surface area contributed by atoms with Gasteiger partial charge in [-0.3, -0.25) is 0 Å². The molecule has 0 aliphatic heterocycles. The molecule has 3 rings (SSSR count). The highest BCUT2D eigenvalue weighted by atomic mass is 35.5. The van der Waals surface area contributed by atoms with E-state index in [1.54, 1.807) is 12.1 Å². The Labute approximate surface area is 149 Å². The topological polar surface area (TPSA) is 74.5 Å². The van der Waals surface area contributed by atoms with E-state index >= 15 is 0 Å². The Morgan fingerprint density at radius 2 is 2.04 bits per heavy atom. The molecule has 0 atom stereocenters. The fourth-order valence-electron chi connectivity index (χ4n) is 2.29. The predicted molar refractivity (Wildman–Crippen MR) is 91.6 cm³/mol. The van der Waals surface area contributed by atoms with Crippen LogP contribution in [-0.4, -0.2) is 23.2 Å². The number of carbonyl (C=O) groups is 1. The monoisotopic (exact) mass is 358 g/mol. The molecule has 128 valence electrons. The summed E-state index contributed by atoms with van der Waals surface area (Å²) < 4.78 is 15.5. The molecule has 0 aliphatic rings. The minimum atomic E-state index is -0.588. The maximum atomic E-state index is 12.2. The molecule has 0 radical (unpaired) electrons. The van der Waals surface area contributed by atoms with E-state index in [0.717, 1.165) is 11.1 Å². The first-order chi connectivity index (χ1) is 12.1. The fraction of sp³-hybridized carbons (Fsp3) is 0.167. The van der Waals surface area contributed by atoms with Crippen molar-refractivity contribution in [1.82, 2.24) is 10.1 Å². The zero-order chi connectivity index (χ0) is 17.8. The summed E-state index contributed by atoms with van der Waals surface area (Å²) in [5, 5.41) is 4.33. The van der Waals surface area contributed by atoms with Crippen LogP contribution in [0.3, 0.4) is 0 Å². The van der Waals surface area contributed by atoms with Crippen LogP contribution in [0, 0.1) is 6.92 Å². The summed E-state index contributed by atoms with van der Waals surface area (Å²) >= 11 is 5.92. The van der Waals surface area contributed by atoms with Gasteiger partial charge in [0.25, 0.3) is 5.89 Å². The number of halogens is 1. The van der Waals surface area contributed by atoms with E-state index < -0.39 is 5.97 Å². The second-order valence-electron chi connectivity index (χ2n) is 5.25. The molecule has 3 aromatic rings. The number of methoxy groups -OCH3 is 1. The third-order valence-corrected chi connectivity index (χ3v) is 3.80. The smallest absolute Gasteiger partial charge is 0.342 e. The van der Waals surface area contributed by atoms with Gasteiger partial charge in [-0.25, -0.2) is 4.79 Å². The number of hydrogen-bond acceptors (Lipinski definition) is 6. The lowest BCUT2D eigenvalue weighted by Gasteiger charge is -2.07. The molecule has 0 fully saturated rings. The van der Waals surface area contributed by atoms with E-state index in [1.165, 1.54) is 13.2 Å². The van der Waals surface area contributed by atoms with Gasteiger partial charge in [0.05, 0.1) is 7.11 Å². The van der Waals surface area contributed by atoms with Gasteiger partial charge in [0.15, 0.2) is 6.61 Å². The van der Waals surface area contributed by atoms with Crippen molar-refractivity contribution in [2.45, 2.75) is 13.5 Å². The molecule has 0 spiro atoms. The van der Waals surface area contributed by atoms with Gasteiger partial charge in [-0.05, 0) is 30.7 Å². The lowest BCUT2D eigenvalue weighted by atomic mass is 10.1. The number of nitrogens with zero attached hydrogens (tertiary/aromatic N) is 2. The van der Waals surface area contributed by atoms with Crippen molar-refractivity contribution < 1.29 is 18.8 Å². The molecule has 0 amide bonds. The zero-order valence-corrected chi connectivity index (χ0v) is 14.4. The van der Waals surface area contributed by atoms with Crippen LogP contribution in [0.1, 0.15) is 21.8 Å². The molecule has 0 aliphatic carbocycles. The van der Waals surface area contributed by atoms with Gasteiger partial charge in [-0.2, -0.15) is 4.98 Å². The fourth-order valence-corrected chi connectivity index (χ4v) is 2.46. The van der Waals surface area contributed by atoms with Crippen LogP contribution in [0.5, 0.6) is 5.75 Å². The van der Waals surface area contributed by atoms with Crippen molar-refractivity contribution in [3.05, 3.63) is 64.5 Å². The van der Waals surface area contributed by atoms with Crippen molar-refractivity contribution in [2.24, 2.45) is 0 Å². The van der Waals surface area contributed by atoms with Gasteiger partial charge in [0.1, 0.15) is 11.3 Å². The predicted octanol–water partition coefficient (Wildman–Crippen LogP) is 4.06. The molecule has 25 heavy (non-hydrogen) atoms. The van der Waals surface area contributed by atoms with Crippen molar-refractivity contribution in [2.75, 3.05) is 7.11 Å². The van der Waals surface area contributed by atoms with Gasteiger partial charge >= 0.3 is 5.97 Å². The second kappa shape index (κ2) is 7.36. The number of hydrogen-bond donors (Lipinski definition) is 0. The summed E-state index contributed by atoms with van der Waals surface area (Å²) in [5.41, 5.74) is 2.12. The molecular weight excluding hydrogens is 344 g/mol. The standard InChI is InChI=1S/C18H15ClN2O4/c1-11-5-3-4-6-13(11)17-20-16(25-21-17)10-24-18(22)14-9-12(19)7-8-15(14)23-2/h3-9H,10H2,1-2H3. The van der Waals surface area contributed by atoms with Gasteiger partial charge < -0.3 is 14.0 Å². The van der Waals surface area contributed by atoms with Crippen molar-refractivity contribution >= 4 is 17.6 Å². The second-order valence-corrected chi connectivity index (χ2v) is 5.68. The van der Waals surface area contributed by atoms with Crippen LogP contribution in [-0.2, 0) is 11.3 Å². The van der Waals surface area contributed by atoms with Crippen LogP contribution in [0.25, 0.3) is 11.4 Å². The Morgan fingerprint density at radius 3 is 2.80 bits per heavy atom. The number of esters is 1. The quantitative estimate of drug-likeness (QED) is 0.640. The van der Waals surface area contributed by atoms with Crippen LogP contribution in [0.4, 0.5) is 0 Å². The van der Waals surface area contributed by atoms with Crippen LogP contribution in [0.15, 0.2) is 47.0 Å². The lowest BCUT2D eigenvalue weighted by molar-refractivity contribution is 0.0426. The maximum Gasteiger partial charge on any atom is 0.342 e. The zero-order valence-electron chi connectivity index (χ0n) is 13.7. The minimum absolute atomic E-state index is 0.145. The molecule has 0 saturated carbocycles. The molecule has 0 bridgehead atoms. The van der Waals surface area contributed by atoms with Gasteiger partial charge in [-0.1, -0.05) is 41.0 Å². The summed E-state index contributed by atoms with van der Waals surface area (Å²) in [6, 6.07) is 12.4. The third kappa shape index (κ3) is 3.80. The first kappa shape index (κ1) is 17.0. The first-order valence-electron chi connectivity index (χ1n) is 7.47. The summed E-state index contributed by atoms with van der Waals surface area (Å²) in [6.45, 7) is 1.81. The van der Waals surface area contributed by atoms with Crippen LogP contribution >= 0.6 is 11.6 Å². The Bertz CT molecular complexity index is 908. The molecule has 2 aromatic carbocycles. The largest absolute Gasteiger partial charge is 0.496 e. The highest BCUT2D eigenvalue weighted by Gasteiger charge is 2.17.